The van der Waals surface area contributed by atoms with E-state index < -0.39 is 10.0 Å². The molecule has 5 aromatic rings. The lowest BCUT2D eigenvalue weighted by atomic mass is 10.1. The minimum absolute atomic E-state index is 0.0863. The van der Waals surface area contributed by atoms with Gasteiger partial charge in [-0.3, -0.25) is 14.0 Å². The molecule has 0 saturated heterocycles. The number of carbonyl (C=O) groups is 1. The molecule has 0 radical (unpaired) electrons. The molecule has 0 aliphatic heterocycles. The number of amides is 1. The van der Waals surface area contributed by atoms with Crippen molar-refractivity contribution in [2.45, 2.75) is 11.4 Å². The van der Waals surface area contributed by atoms with Crippen molar-refractivity contribution < 1.29 is 13.2 Å². The van der Waals surface area contributed by atoms with Gasteiger partial charge in [0.25, 0.3) is 15.9 Å². The molecule has 0 aromatic heterocycles. The van der Waals surface area contributed by atoms with Gasteiger partial charge in [0.05, 0.1) is 17.1 Å². The summed E-state index contributed by atoms with van der Waals surface area (Å²) >= 11 is 9.42. The fraction of sp³-hybridized carbons (Fsp3) is 0.0312. The molecule has 0 saturated carbocycles. The predicted molar refractivity (Wildman–Crippen MR) is 165 cm³/mol. The molecule has 0 spiro atoms. The van der Waals surface area contributed by atoms with Crippen LogP contribution in [0.1, 0.15) is 15.9 Å². The Morgan fingerprint density at radius 1 is 0.650 bits per heavy atom. The number of para-hydroxylation sites is 2. The number of benzene rings is 5. The van der Waals surface area contributed by atoms with Crippen LogP contribution < -0.4 is 9.21 Å². The SMILES string of the molecule is O=C(c1ccc(N(Cc2ccc(Cl)cc2)S(=O)(=O)c2ccc(Br)cc2)cc1)N(c1ccccc1)c1ccccc1. The van der Waals surface area contributed by atoms with Crippen molar-refractivity contribution in [1.82, 2.24) is 0 Å². The molecule has 200 valence electrons. The molecule has 0 N–H and O–H groups in total. The van der Waals surface area contributed by atoms with E-state index in [2.05, 4.69) is 15.9 Å². The number of carbonyl (C=O) groups excluding carboxylic acids is 1. The summed E-state index contributed by atoms with van der Waals surface area (Å²) in [6, 6.07) is 39.0. The highest BCUT2D eigenvalue weighted by atomic mass is 79.9. The van der Waals surface area contributed by atoms with E-state index in [4.69, 9.17) is 11.6 Å². The van der Waals surface area contributed by atoms with Crippen LogP contribution in [0.25, 0.3) is 0 Å². The van der Waals surface area contributed by atoms with E-state index >= 15 is 0 Å². The summed E-state index contributed by atoms with van der Waals surface area (Å²) in [7, 11) is -3.93. The summed E-state index contributed by atoms with van der Waals surface area (Å²) < 4.78 is 29.8. The van der Waals surface area contributed by atoms with E-state index in [0.717, 1.165) is 21.4 Å². The molecule has 0 atom stereocenters. The second-order valence-corrected chi connectivity index (χ2v) is 12.2. The van der Waals surface area contributed by atoms with Crippen LogP contribution >= 0.6 is 27.5 Å². The van der Waals surface area contributed by atoms with Crippen LogP contribution in [0, 0.1) is 0 Å². The minimum Gasteiger partial charge on any atom is -0.277 e. The number of anilines is 3. The molecule has 0 aliphatic rings. The molecule has 40 heavy (non-hydrogen) atoms. The largest absolute Gasteiger partial charge is 0.277 e. The molecule has 0 unspecified atom stereocenters. The second-order valence-electron chi connectivity index (χ2n) is 8.95. The first-order valence-corrected chi connectivity index (χ1v) is 15.0. The number of hydrogen-bond acceptors (Lipinski definition) is 3. The van der Waals surface area contributed by atoms with E-state index in [1.54, 1.807) is 77.7 Å². The maximum Gasteiger partial charge on any atom is 0.264 e. The lowest BCUT2D eigenvalue weighted by Gasteiger charge is -2.26. The van der Waals surface area contributed by atoms with E-state index in [0.29, 0.717) is 16.3 Å². The Kier molecular flexibility index (Phi) is 8.35. The smallest absolute Gasteiger partial charge is 0.264 e. The first-order chi connectivity index (χ1) is 19.3. The highest BCUT2D eigenvalue weighted by molar-refractivity contribution is 9.10. The van der Waals surface area contributed by atoms with Crippen molar-refractivity contribution in [3.05, 3.63) is 154 Å². The number of hydrogen-bond donors (Lipinski definition) is 0. The van der Waals surface area contributed by atoms with Crippen molar-refractivity contribution in [3.63, 3.8) is 0 Å². The van der Waals surface area contributed by atoms with Crippen LogP contribution in [-0.2, 0) is 16.6 Å². The first-order valence-electron chi connectivity index (χ1n) is 12.4. The van der Waals surface area contributed by atoms with Crippen LogP contribution in [0.2, 0.25) is 5.02 Å². The van der Waals surface area contributed by atoms with E-state index in [-0.39, 0.29) is 17.3 Å². The van der Waals surface area contributed by atoms with Crippen molar-refractivity contribution >= 4 is 60.5 Å². The lowest BCUT2D eigenvalue weighted by Crippen LogP contribution is -2.31. The van der Waals surface area contributed by atoms with Gasteiger partial charge in [-0.05, 0) is 90.5 Å². The Morgan fingerprint density at radius 3 is 1.70 bits per heavy atom. The second kappa shape index (κ2) is 12.1. The molecule has 5 aromatic carbocycles. The summed E-state index contributed by atoms with van der Waals surface area (Å²) in [6.07, 6.45) is 0. The summed E-state index contributed by atoms with van der Waals surface area (Å²) in [4.78, 5) is 15.6. The maximum absolute atomic E-state index is 13.8. The zero-order valence-electron chi connectivity index (χ0n) is 21.2. The zero-order valence-corrected chi connectivity index (χ0v) is 24.4. The van der Waals surface area contributed by atoms with Crippen molar-refractivity contribution in [2.75, 3.05) is 9.21 Å². The summed E-state index contributed by atoms with van der Waals surface area (Å²) in [5.74, 6) is -0.232. The summed E-state index contributed by atoms with van der Waals surface area (Å²) in [6.45, 7) is 0.0863. The molecule has 5 rings (SSSR count). The van der Waals surface area contributed by atoms with Gasteiger partial charge in [0.2, 0.25) is 0 Å². The third-order valence-corrected chi connectivity index (χ3v) is 8.84. The van der Waals surface area contributed by atoms with Gasteiger partial charge < -0.3 is 0 Å². The maximum atomic E-state index is 13.8. The molecule has 1 amide bonds. The van der Waals surface area contributed by atoms with Gasteiger partial charge in [0.15, 0.2) is 0 Å². The van der Waals surface area contributed by atoms with Gasteiger partial charge >= 0.3 is 0 Å². The average molecular weight is 632 g/mol. The standard InChI is InChI=1S/C32H24BrClN2O3S/c33-26-15-21-31(22-16-26)40(38,39)35(23-24-11-17-27(34)18-12-24)28-19-13-25(14-20-28)32(37)36(29-7-3-1-4-8-29)30-9-5-2-6-10-30/h1-22H,23H2. The van der Waals surface area contributed by atoms with Gasteiger partial charge in [-0.25, -0.2) is 8.42 Å². The normalized spacial score (nSPS) is 11.2. The third kappa shape index (κ3) is 6.12. The van der Waals surface area contributed by atoms with Crippen LogP contribution in [0.15, 0.2) is 143 Å². The van der Waals surface area contributed by atoms with Crippen molar-refractivity contribution in [1.29, 1.82) is 0 Å². The number of halogens is 2. The number of sulfonamides is 1. The van der Waals surface area contributed by atoms with Crippen molar-refractivity contribution in [2.24, 2.45) is 0 Å². The van der Waals surface area contributed by atoms with E-state index in [9.17, 15) is 13.2 Å². The molecule has 8 heteroatoms. The fourth-order valence-electron chi connectivity index (χ4n) is 4.24. The van der Waals surface area contributed by atoms with Gasteiger partial charge in [-0.2, -0.15) is 0 Å². The molecular weight excluding hydrogens is 608 g/mol. The molecule has 0 bridgehead atoms. The van der Waals surface area contributed by atoms with E-state index in [1.807, 2.05) is 60.7 Å². The van der Waals surface area contributed by atoms with Crippen LogP contribution in [0.3, 0.4) is 0 Å². The number of nitrogens with zero attached hydrogens (tertiary/aromatic N) is 2. The quantitative estimate of drug-likeness (QED) is 0.173. The molecule has 5 nitrogen and oxygen atoms in total. The summed E-state index contributed by atoms with van der Waals surface area (Å²) in [5, 5.41) is 0.565. The highest BCUT2D eigenvalue weighted by Crippen LogP contribution is 2.30. The van der Waals surface area contributed by atoms with Gasteiger partial charge in [-0.1, -0.05) is 76.1 Å². The van der Waals surface area contributed by atoms with Gasteiger partial charge in [0, 0.05) is 26.4 Å². The Morgan fingerprint density at radius 2 is 1.18 bits per heavy atom. The molecular formula is C32H24BrClN2O3S. The molecule has 0 aliphatic carbocycles. The van der Waals surface area contributed by atoms with Crippen LogP contribution in [-0.4, -0.2) is 14.3 Å². The summed E-state index contributed by atoms with van der Waals surface area (Å²) in [5.41, 5.74) is 3.07. The molecule has 0 heterocycles. The van der Waals surface area contributed by atoms with E-state index in [1.165, 1.54) is 4.31 Å². The predicted octanol–water partition coefficient (Wildman–Crippen LogP) is 8.48. The average Bonchev–Trinajstić information content (AvgIpc) is 2.98. The van der Waals surface area contributed by atoms with Gasteiger partial charge in [0.1, 0.15) is 0 Å². The highest BCUT2D eigenvalue weighted by Gasteiger charge is 2.26. The van der Waals surface area contributed by atoms with Gasteiger partial charge in [-0.15, -0.1) is 0 Å². The lowest BCUT2D eigenvalue weighted by molar-refractivity contribution is 0.0999. The Bertz CT molecular complexity index is 1660. The van der Waals surface area contributed by atoms with Crippen molar-refractivity contribution in [3.8, 4) is 0 Å². The zero-order chi connectivity index (χ0) is 28.1. The number of rotatable bonds is 8. The minimum atomic E-state index is -3.93. The van der Waals surface area contributed by atoms with Crippen LogP contribution in [0.5, 0.6) is 0 Å². The Labute approximate surface area is 247 Å². The Hall–Kier alpha value is -3.91. The fourth-order valence-corrected chi connectivity index (χ4v) is 6.08. The first kappa shape index (κ1) is 27.6. The van der Waals surface area contributed by atoms with Crippen LogP contribution in [0.4, 0.5) is 17.1 Å². The molecule has 0 fully saturated rings. The third-order valence-electron chi connectivity index (χ3n) is 6.28. The Balaban J connectivity index is 1.52. The monoisotopic (exact) mass is 630 g/mol. The topological polar surface area (TPSA) is 57.7 Å².